The number of aromatic nitrogens is 4. The summed E-state index contributed by atoms with van der Waals surface area (Å²) in [4.78, 5) is 15.3. The molecule has 0 atom stereocenters. The van der Waals surface area contributed by atoms with Gasteiger partial charge in [-0.1, -0.05) is 0 Å². The van der Waals surface area contributed by atoms with Crippen molar-refractivity contribution in [1.29, 1.82) is 0 Å². The highest BCUT2D eigenvalue weighted by Gasteiger charge is 2.19. The van der Waals surface area contributed by atoms with Crippen LogP contribution in [0.3, 0.4) is 0 Å². The summed E-state index contributed by atoms with van der Waals surface area (Å²) in [5, 5.41) is 3.27. The van der Waals surface area contributed by atoms with Gasteiger partial charge in [-0.25, -0.2) is 15.0 Å². The van der Waals surface area contributed by atoms with Gasteiger partial charge in [-0.2, -0.15) is 8.42 Å². The van der Waals surface area contributed by atoms with Gasteiger partial charge in [-0.3, -0.25) is 4.72 Å². The minimum Gasteiger partial charge on any atom is -0.357 e. The van der Waals surface area contributed by atoms with Crippen LogP contribution in [0, 0.1) is 13.8 Å². The molecule has 31 heavy (non-hydrogen) atoms. The molecule has 0 aliphatic carbocycles. The van der Waals surface area contributed by atoms with Gasteiger partial charge in [0.15, 0.2) is 5.03 Å². The number of nitrogens with one attached hydrogen (secondary N) is 2. The molecule has 0 saturated carbocycles. The number of sulfonamides is 1. The highest BCUT2D eigenvalue weighted by atomic mass is 32.2. The van der Waals surface area contributed by atoms with E-state index in [9.17, 15) is 8.42 Å². The van der Waals surface area contributed by atoms with Crippen molar-refractivity contribution in [2.75, 3.05) is 28.0 Å². The summed E-state index contributed by atoms with van der Waals surface area (Å²) in [6, 6.07) is 8.89. The van der Waals surface area contributed by atoms with Crippen LogP contribution in [-0.2, 0) is 16.6 Å². The first kappa shape index (κ1) is 22.5. The molecule has 0 amide bonds. The van der Waals surface area contributed by atoms with E-state index < -0.39 is 10.0 Å². The third kappa shape index (κ3) is 5.32. The molecule has 1 aromatic carbocycles. The van der Waals surface area contributed by atoms with Gasteiger partial charge in [-0.15, -0.1) is 0 Å². The first-order valence-corrected chi connectivity index (χ1v) is 11.8. The van der Waals surface area contributed by atoms with E-state index >= 15 is 0 Å². The molecule has 0 unspecified atom stereocenters. The molecule has 10 heteroatoms. The van der Waals surface area contributed by atoms with E-state index in [1.165, 1.54) is 0 Å². The second kappa shape index (κ2) is 9.34. The molecule has 0 radical (unpaired) electrons. The van der Waals surface area contributed by atoms with Crippen LogP contribution < -0.4 is 14.9 Å². The molecule has 3 rings (SSSR count). The van der Waals surface area contributed by atoms with Gasteiger partial charge < -0.3 is 14.8 Å². The van der Waals surface area contributed by atoms with Crippen molar-refractivity contribution in [2.24, 2.45) is 0 Å². The van der Waals surface area contributed by atoms with E-state index in [-0.39, 0.29) is 5.03 Å². The number of nitrogens with zero attached hydrogens (tertiary/aromatic N) is 5. The Morgan fingerprint density at radius 3 is 2.19 bits per heavy atom. The Balaban J connectivity index is 1.75. The molecule has 166 valence electrons. The number of hydrogen-bond acceptors (Lipinski definition) is 7. The third-order valence-corrected chi connectivity index (χ3v) is 6.14. The van der Waals surface area contributed by atoms with Gasteiger partial charge in [-0.05, 0) is 58.9 Å². The molecular formula is C21H29N7O2S. The average Bonchev–Trinajstić information content (AvgIpc) is 3.12. The Hall–Kier alpha value is -3.14. The highest BCUT2D eigenvalue weighted by molar-refractivity contribution is 7.92. The van der Waals surface area contributed by atoms with Crippen molar-refractivity contribution in [2.45, 2.75) is 46.2 Å². The maximum Gasteiger partial charge on any atom is 0.280 e. The van der Waals surface area contributed by atoms with Crippen LogP contribution >= 0.6 is 0 Å². The number of hydrogen-bond donors (Lipinski definition) is 2. The molecule has 3 aromatic rings. The maximum absolute atomic E-state index is 12.6. The zero-order valence-corrected chi connectivity index (χ0v) is 19.4. The lowest BCUT2D eigenvalue weighted by atomic mass is 10.3. The Kier molecular flexibility index (Phi) is 6.79. The lowest BCUT2D eigenvalue weighted by molar-refractivity contribution is 0.598. The fraction of sp³-hybridized carbons (Fsp3) is 0.381. The van der Waals surface area contributed by atoms with E-state index in [2.05, 4.69) is 43.7 Å². The number of imidazole rings is 1. The standard InChI is InChI=1S/C21H29N7O2S/c1-6-27(7-2)20-13-19(22-15(4)23-20)25-17-9-11-18(12-10-17)26-31(29,30)21-14-28(8-3)16(5)24-21/h9-14,26H,6-8H2,1-5H3,(H,22,23,25). The molecule has 2 heterocycles. The van der Waals surface area contributed by atoms with Crippen LogP contribution in [0.2, 0.25) is 0 Å². The van der Waals surface area contributed by atoms with Crippen molar-refractivity contribution in [3.63, 3.8) is 0 Å². The predicted molar refractivity (Wildman–Crippen MR) is 124 cm³/mol. The van der Waals surface area contributed by atoms with Gasteiger partial charge in [0.25, 0.3) is 10.0 Å². The predicted octanol–water partition coefficient (Wildman–Crippen LogP) is 3.70. The summed E-state index contributed by atoms with van der Waals surface area (Å²) in [6.45, 7) is 12.1. The third-order valence-electron chi connectivity index (χ3n) is 4.89. The van der Waals surface area contributed by atoms with Gasteiger partial charge >= 0.3 is 0 Å². The molecular weight excluding hydrogens is 414 g/mol. The van der Waals surface area contributed by atoms with Crippen molar-refractivity contribution >= 4 is 33.0 Å². The van der Waals surface area contributed by atoms with E-state index in [1.807, 2.05) is 19.9 Å². The number of anilines is 4. The summed E-state index contributed by atoms with van der Waals surface area (Å²) < 4.78 is 29.6. The molecule has 0 saturated heterocycles. The summed E-state index contributed by atoms with van der Waals surface area (Å²) in [5.41, 5.74) is 1.25. The maximum atomic E-state index is 12.6. The molecule has 0 aliphatic heterocycles. The number of aryl methyl sites for hydroxylation is 3. The van der Waals surface area contributed by atoms with Crippen LogP contribution in [0.4, 0.5) is 23.0 Å². The van der Waals surface area contributed by atoms with E-state index in [1.54, 1.807) is 42.0 Å². The van der Waals surface area contributed by atoms with Gasteiger partial charge in [0, 0.05) is 43.3 Å². The molecule has 2 N–H and O–H groups in total. The summed E-state index contributed by atoms with van der Waals surface area (Å²) in [6.07, 6.45) is 1.54. The minimum atomic E-state index is -3.75. The molecule has 0 aliphatic rings. The van der Waals surface area contributed by atoms with E-state index in [0.717, 1.165) is 24.6 Å². The van der Waals surface area contributed by atoms with Crippen molar-refractivity contribution in [1.82, 2.24) is 19.5 Å². The van der Waals surface area contributed by atoms with Crippen LogP contribution in [-0.4, -0.2) is 41.0 Å². The van der Waals surface area contributed by atoms with Crippen LogP contribution in [0.1, 0.15) is 32.4 Å². The van der Waals surface area contributed by atoms with E-state index in [0.29, 0.717) is 29.7 Å². The van der Waals surface area contributed by atoms with Crippen LogP contribution in [0.5, 0.6) is 0 Å². The first-order chi connectivity index (χ1) is 14.7. The average molecular weight is 444 g/mol. The van der Waals surface area contributed by atoms with Gasteiger partial charge in [0.1, 0.15) is 23.3 Å². The first-order valence-electron chi connectivity index (χ1n) is 10.3. The second-order valence-electron chi connectivity index (χ2n) is 7.05. The Morgan fingerprint density at radius 2 is 1.61 bits per heavy atom. The Morgan fingerprint density at radius 1 is 0.968 bits per heavy atom. The second-order valence-corrected chi connectivity index (χ2v) is 8.68. The quantitative estimate of drug-likeness (QED) is 0.519. The summed E-state index contributed by atoms with van der Waals surface area (Å²) in [7, 11) is -3.75. The monoisotopic (exact) mass is 443 g/mol. The van der Waals surface area contributed by atoms with Crippen molar-refractivity contribution in [3.05, 3.63) is 48.2 Å². The fourth-order valence-electron chi connectivity index (χ4n) is 3.23. The van der Waals surface area contributed by atoms with Gasteiger partial charge in [0.05, 0.1) is 0 Å². The van der Waals surface area contributed by atoms with Crippen LogP contribution in [0.15, 0.2) is 41.6 Å². The largest absolute Gasteiger partial charge is 0.357 e. The number of benzene rings is 1. The highest BCUT2D eigenvalue weighted by Crippen LogP contribution is 2.22. The summed E-state index contributed by atoms with van der Waals surface area (Å²) in [5.74, 6) is 2.89. The minimum absolute atomic E-state index is 0.00874. The molecule has 9 nitrogen and oxygen atoms in total. The lowest BCUT2D eigenvalue weighted by Gasteiger charge is -2.20. The topological polar surface area (TPSA) is 105 Å². The van der Waals surface area contributed by atoms with Gasteiger partial charge in [0.2, 0.25) is 0 Å². The zero-order chi connectivity index (χ0) is 22.6. The Labute approximate surface area is 183 Å². The zero-order valence-electron chi connectivity index (χ0n) is 18.5. The molecule has 0 spiro atoms. The molecule has 0 bridgehead atoms. The smallest absolute Gasteiger partial charge is 0.280 e. The molecule has 0 fully saturated rings. The fourth-order valence-corrected chi connectivity index (χ4v) is 4.30. The number of rotatable bonds is 9. The SMILES string of the molecule is CCN(CC)c1cc(Nc2ccc(NS(=O)(=O)c3cn(CC)c(C)n3)cc2)nc(C)n1. The summed E-state index contributed by atoms with van der Waals surface area (Å²) >= 11 is 0. The van der Waals surface area contributed by atoms with Crippen molar-refractivity contribution < 1.29 is 8.42 Å². The Bertz CT molecular complexity index is 1140. The van der Waals surface area contributed by atoms with Crippen molar-refractivity contribution in [3.8, 4) is 0 Å². The normalized spacial score (nSPS) is 11.4. The molecule has 2 aromatic heterocycles. The lowest BCUT2D eigenvalue weighted by Crippen LogP contribution is -2.23. The van der Waals surface area contributed by atoms with E-state index in [4.69, 9.17) is 0 Å². The van der Waals surface area contributed by atoms with Crippen LogP contribution in [0.25, 0.3) is 0 Å².